The van der Waals surface area contributed by atoms with Gasteiger partial charge >= 0.3 is 0 Å². The lowest BCUT2D eigenvalue weighted by molar-refractivity contribution is 0.101. The minimum atomic E-state index is -0.646. The van der Waals surface area contributed by atoms with Gasteiger partial charge in [0.05, 0.1) is 5.56 Å². The fourth-order valence-corrected chi connectivity index (χ4v) is 1.09. The average molecular weight is 207 g/mol. The van der Waals surface area contributed by atoms with Crippen LogP contribution in [0, 0.1) is 17.1 Å². The molecule has 0 radical (unpaired) electrons. The van der Waals surface area contributed by atoms with Crippen molar-refractivity contribution in [2.75, 3.05) is 0 Å². The molecule has 0 aliphatic heterocycles. The van der Waals surface area contributed by atoms with Gasteiger partial charge in [0, 0.05) is 6.07 Å². The van der Waals surface area contributed by atoms with E-state index < -0.39 is 11.9 Å². The van der Waals surface area contributed by atoms with Crippen LogP contribution in [0.4, 0.5) is 4.39 Å². The number of Topliss-reactive ketones (excluding diaryl/α,β-unsaturated/α-hetero) is 1. The van der Waals surface area contributed by atoms with Crippen molar-refractivity contribution in [3.63, 3.8) is 0 Å². The summed E-state index contributed by atoms with van der Waals surface area (Å²) in [4.78, 5) is 10.9. The van der Waals surface area contributed by atoms with E-state index in [1.807, 2.05) is 6.07 Å². The van der Waals surface area contributed by atoms with Crippen molar-refractivity contribution >= 4 is 5.78 Å². The number of nitriles is 1. The highest BCUT2D eigenvalue weighted by Crippen LogP contribution is 2.18. The first-order valence-corrected chi connectivity index (χ1v) is 4.41. The number of ketones is 1. The summed E-state index contributed by atoms with van der Waals surface area (Å²) in [6, 6.07) is 5.77. The third-order valence-corrected chi connectivity index (χ3v) is 1.81. The molecule has 1 atom stereocenters. The molecule has 15 heavy (non-hydrogen) atoms. The first-order chi connectivity index (χ1) is 7.04. The Bertz CT molecular complexity index is 423. The molecular weight excluding hydrogens is 197 g/mol. The van der Waals surface area contributed by atoms with Crippen molar-refractivity contribution in [2.45, 2.75) is 20.0 Å². The van der Waals surface area contributed by atoms with Gasteiger partial charge in [0.15, 0.2) is 11.9 Å². The number of ether oxygens (including phenoxy) is 1. The molecule has 0 saturated carbocycles. The first kappa shape index (κ1) is 11.2. The molecule has 0 spiro atoms. The second kappa shape index (κ2) is 4.56. The number of carbonyl (C=O) groups excluding carboxylic acids is 1. The van der Waals surface area contributed by atoms with Crippen molar-refractivity contribution in [1.29, 1.82) is 5.26 Å². The molecule has 0 aliphatic rings. The van der Waals surface area contributed by atoms with Crippen molar-refractivity contribution in [1.82, 2.24) is 0 Å². The van der Waals surface area contributed by atoms with Gasteiger partial charge in [0.25, 0.3) is 0 Å². The highest BCUT2D eigenvalue weighted by atomic mass is 19.1. The Hall–Kier alpha value is -1.89. The largest absolute Gasteiger partial charge is 0.476 e. The van der Waals surface area contributed by atoms with Gasteiger partial charge in [0.2, 0.25) is 0 Å². The molecule has 4 heteroatoms. The lowest BCUT2D eigenvalue weighted by Crippen LogP contribution is -2.08. The van der Waals surface area contributed by atoms with E-state index in [2.05, 4.69) is 0 Å². The van der Waals surface area contributed by atoms with Crippen LogP contribution in [0.5, 0.6) is 5.75 Å². The second-order valence-corrected chi connectivity index (χ2v) is 3.09. The number of nitrogens with zero attached hydrogens (tertiary/aromatic N) is 1. The number of hydrogen-bond acceptors (Lipinski definition) is 3. The van der Waals surface area contributed by atoms with Crippen molar-refractivity contribution in [3.05, 3.63) is 29.6 Å². The summed E-state index contributed by atoms with van der Waals surface area (Å²) in [5.41, 5.74) is 0.0203. The van der Waals surface area contributed by atoms with Gasteiger partial charge in [-0.05, 0) is 26.0 Å². The topological polar surface area (TPSA) is 50.1 Å². The Labute approximate surface area is 87.1 Å². The standard InChI is InChI=1S/C11H10FNO2/c1-7(6-13)15-9-3-4-10(8(2)14)11(12)5-9/h3-5,7H,1-2H3. The third kappa shape index (κ3) is 2.78. The summed E-state index contributed by atoms with van der Waals surface area (Å²) in [6.45, 7) is 2.84. The molecule has 1 rings (SSSR count). The van der Waals surface area contributed by atoms with Crippen LogP contribution in [0.2, 0.25) is 0 Å². The molecule has 0 aromatic heterocycles. The smallest absolute Gasteiger partial charge is 0.181 e. The summed E-state index contributed by atoms with van der Waals surface area (Å²) in [5, 5.41) is 8.49. The predicted molar refractivity (Wildman–Crippen MR) is 52.1 cm³/mol. The molecule has 1 aromatic carbocycles. The zero-order chi connectivity index (χ0) is 11.4. The first-order valence-electron chi connectivity index (χ1n) is 4.41. The molecule has 0 N–H and O–H groups in total. The Morgan fingerprint density at radius 2 is 2.27 bits per heavy atom. The van der Waals surface area contributed by atoms with Crippen LogP contribution in [0.15, 0.2) is 18.2 Å². The van der Waals surface area contributed by atoms with Gasteiger partial charge in [-0.15, -0.1) is 0 Å². The number of halogens is 1. The van der Waals surface area contributed by atoms with Crippen LogP contribution < -0.4 is 4.74 Å². The molecule has 78 valence electrons. The molecule has 1 unspecified atom stereocenters. The Morgan fingerprint density at radius 3 is 2.73 bits per heavy atom. The molecule has 0 heterocycles. The zero-order valence-electron chi connectivity index (χ0n) is 8.45. The summed E-state index contributed by atoms with van der Waals surface area (Å²) < 4.78 is 18.3. The molecule has 0 amide bonds. The lowest BCUT2D eigenvalue weighted by Gasteiger charge is -2.08. The number of carbonyl (C=O) groups is 1. The highest BCUT2D eigenvalue weighted by molar-refractivity contribution is 5.94. The van der Waals surface area contributed by atoms with Crippen LogP contribution >= 0.6 is 0 Å². The van der Waals surface area contributed by atoms with E-state index >= 15 is 0 Å². The van der Waals surface area contributed by atoms with Gasteiger partial charge in [-0.25, -0.2) is 4.39 Å². The number of rotatable bonds is 3. The average Bonchev–Trinajstić information content (AvgIpc) is 2.17. The Morgan fingerprint density at radius 1 is 1.60 bits per heavy atom. The quantitative estimate of drug-likeness (QED) is 0.714. The molecule has 0 bridgehead atoms. The Balaban J connectivity index is 2.93. The van der Waals surface area contributed by atoms with E-state index in [1.54, 1.807) is 6.92 Å². The van der Waals surface area contributed by atoms with Gasteiger partial charge < -0.3 is 4.74 Å². The fourth-order valence-electron chi connectivity index (χ4n) is 1.09. The summed E-state index contributed by atoms with van der Waals surface area (Å²) in [6.07, 6.45) is -0.646. The normalized spacial score (nSPS) is 11.6. The van der Waals surface area contributed by atoms with Crippen LogP contribution in [-0.2, 0) is 0 Å². The minimum Gasteiger partial charge on any atom is -0.476 e. The van der Waals surface area contributed by atoms with E-state index in [0.29, 0.717) is 0 Å². The van der Waals surface area contributed by atoms with E-state index in [9.17, 15) is 9.18 Å². The van der Waals surface area contributed by atoms with Crippen molar-refractivity contribution < 1.29 is 13.9 Å². The van der Waals surface area contributed by atoms with E-state index in [4.69, 9.17) is 10.00 Å². The van der Waals surface area contributed by atoms with E-state index in [0.717, 1.165) is 6.07 Å². The number of hydrogen-bond donors (Lipinski definition) is 0. The number of benzene rings is 1. The van der Waals surface area contributed by atoms with Crippen molar-refractivity contribution in [3.8, 4) is 11.8 Å². The summed E-state index contributed by atoms with van der Waals surface area (Å²) in [7, 11) is 0. The van der Waals surface area contributed by atoms with Crippen LogP contribution in [0.1, 0.15) is 24.2 Å². The maximum atomic E-state index is 13.3. The molecular formula is C11H10FNO2. The van der Waals surface area contributed by atoms with Gasteiger partial charge in [-0.3, -0.25) is 4.79 Å². The van der Waals surface area contributed by atoms with E-state index in [-0.39, 0.29) is 17.1 Å². The van der Waals surface area contributed by atoms with Crippen LogP contribution in [0.3, 0.4) is 0 Å². The van der Waals surface area contributed by atoms with Crippen LogP contribution in [0.25, 0.3) is 0 Å². The van der Waals surface area contributed by atoms with Crippen LogP contribution in [-0.4, -0.2) is 11.9 Å². The predicted octanol–water partition coefficient (Wildman–Crippen LogP) is 2.32. The molecule has 0 aliphatic carbocycles. The molecule has 3 nitrogen and oxygen atoms in total. The second-order valence-electron chi connectivity index (χ2n) is 3.09. The van der Waals surface area contributed by atoms with E-state index in [1.165, 1.54) is 19.1 Å². The third-order valence-electron chi connectivity index (χ3n) is 1.81. The maximum absolute atomic E-state index is 13.3. The SMILES string of the molecule is CC(=O)c1ccc(OC(C)C#N)cc1F. The summed E-state index contributed by atoms with van der Waals surface area (Å²) in [5.74, 6) is -0.732. The fraction of sp³-hybridized carbons (Fsp3) is 0.273. The Kier molecular flexibility index (Phi) is 3.40. The highest BCUT2D eigenvalue weighted by Gasteiger charge is 2.09. The maximum Gasteiger partial charge on any atom is 0.181 e. The monoisotopic (exact) mass is 207 g/mol. The molecule has 1 aromatic rings. The minimum absolute atomic E-state index is 0.0203. The molecule has 0 fully saturated rings. The lowest BCUT2D eigenvalue weighted by atomic mass is 10.1. The summed E-state index contributed by atoms with van der Waals surface area (Å²) >= 11 is 0. The van der Waals surface area contributed by atoms with Gasteiger partial charge in [0.1, 0.15) is 17.6 Å². The van der Waals surface area contributed by atoms with Crippen molar-refractivity contribution in [2.24, 2.45) is 0 Å². The van der Waals surface area contributed by atoms with Gasteiger partial charge in [-0.2, -0.15) is 5.26 Å². The zero-order valence-corrected chi connectivity index (χ0v) is 8.45. The molecule has 0 saturated heterocycles. The van der Waals surface area contributed by atoms with Gasteiger partial charge in [-0.1, -0.05) is 0 Å².